The number of nitrogens with zero attached hydrogens (tertiary/aromatic N) is 2. The van der Waals surface area contributed by atoms with Crippen LogP contribution in [0.25, 0.3) is 0 Å². The van der Waals surface area contributed by atoms with Crippen LogP contribution >= 0.6 is 0 Å². The van der Waals surface area contributed by atoms with Crippen LogP contribution in [0.2, 0.25) is 0 Å². The SMILES string of the molecule is O=C(NC12CC3CC(CC(C3)C1)C2)c1cnn2c1NC(c1ccccc1O)CC2C(F)(F)F. The zero-order valence-corrected chi connectivity index (χ0v) is 18.1. The molecule has 9 heteroatoms. The summed E-state index contributed by atoms with van der Waals surface area (Å²) in [4.78, 5) is 13.4. The molecule has 1 aromatic carbocycles. The number of halogens is 3. The third-order valence-corrected chi connectivity index (χ3v) is 8.21. The van der Waals surface area contributed by atoms with E-state index in [0.29, 0.717) is 23.3 Å². The van der Waals surface area contributed by atoms with Gasteiger partial charge in [0.25, 0.3) is 5.91 Å². The van der Waals surface area contributed by atoms with Gasteiger partial charge in [0.15, 0.2) is 6.04 Å². The highest BCUT2D eigenvalue weighted by Crippen LogP contribution is 2.56. The molecule has 2 heterocycles. The molecule has 0 spiro atoms. The number of nitrogens with one attached hydrogen (secondary N) is 2. The highest BCUT2D eigenvalue weighted by molar-refractivity contribution is 5.99. The minimum Gasteiger partial charge on any atom is -0.508 e. The summed E-state index contributed by atoms with van der Waals surface area (Å²) in [5.41, 5.74) is 0.238. The molecule has 1 aromatic heterocycles. The topological polar surface area (TPSA) is 79.2 Å². The molecule has 5 aliphatic rings. The number of aromatic nitrogens is 2. The van der Waals surface area contributed by atoms with Crippen molar-refractivity contribution in [3.05, 3.63) is 41.6 Å². The number of fused-ring (bicyclic) bond motifs is 1. The van der Waals surface area contributed by atoms with E-state index < -0.39 is 18.3 Å². The van der Waals surface area contributed by atoms with Gasteiger partial charge in [0.05, 0.1) is 12.2 Å². The second-order valence-electron chi connectivity index (χ2n) is 10.6. The summed E-state index contributed by atoms with van der Waals surface area (Å²) in [6.45, 7) is 0. The average molecular weight is 461 g/mol. The second kappa shape index (κ2) is 7.14. The van der Waals surface area contributed by atoms with Gasteiger partial charge in [0, 0.05) is 17.5 Å². The van der Waals surface area contributed by atoms with Gasteiger partial charge in [0.2, 0.25) is 0 Å². The van der Waals surface area contributed by atoms with Crippen LogP contribution in [0.15, 0.2) is 30.5 Å². The minimum absolute atomic E-state index is 0.0547. The lowest BCUT2D eigenvalue weighted by atomic mass is 9.53. The molecule has 2 atom stereocenters. The van der Waals surface area contributed by atoms with Crippen LogP contribution in [0.5, 0.6) is 5.75 Å². The predicted molar refractivity (Wildman–Crippen MR) is 115 cm³/mol. The molecule has 4 fully saturated rings. The predicted octanol–water partition coefficient (Wildman–Crippen LogP) is 4.95. The third-order valence-electron chi connectivity index (χ3n) is 8.21. The first-order valence-electron chi connectivity index (χ1n) is 11.7. The fourth-order valence-corrected chi connectivity index (χ4v) is 7.29. The maximum Gasteiger partial charge on any atom is 0.410 e. The number of rotatable bonds is 3. The van der Waals surface area contributed by atoms with Gasteiger partial charge in [-0.1, -0.05) is 18.2 Å². The molecule has 4 aliphatic carbocycles. The molecule has 1 aliphatic heterocycles. The van der Waals surface area contributed by atoms with Crippen molar-refractivity contribution in [2.75, 3.05) is 5.32 Å². The Morgan fingerprint density at radius 3 is 2.33 bits per heavy atom. The third kappa shape index (κ3) is 3.47. The molecule has 0 radical (unpaired) electrons. The lowest BCUT2D eigenvalue weighted by molar-refractivity contribution is -0.173. The smallest absolute Gasteiger partial charge is 0.410 e. The van der Waals surface area contributed by atoms with Crippen LogP contribution in [0.4, 0.5) is 19.0 Å². The Labute approximate surface area is 189 Å². The zero-order valence-electron chi connectivity index (χ0n) is 18.1. The maximum atomic E-state index is 14.0. The van der Waals surface area contributed by atoms with E-state index in [1.807, 2.05) is 0 Å². The molecule has 6 nitrogen and oxygen atoms in total. The number of benzene rings is 1. The van der Waals surface area contributed by atoms with Crippen molar-refractivity contribution in [1.82, 2.24) is 15.1 Å². The minimum atomic E-state index is -4.54. The lowest BCUT2D eigenvalue weighted by Crippen LogP contribution is -2.59. The molecule has 4 saturated carbocycles. The van der Waals surface area contributed by atoms with Crippen molar-refractivity contribution in [2.45, 2.75) is 68.7 Å². The van der Waals surface area contributed by atoms with Gasteiger partial charge in [-0.3, -0.25) is 4.79 Å². The molecule has 1 amide bonds. The number of phenolic OH excluding ortho intramolecular Hbond substituents is 1. The number of carbonyl (C=O) groups excluding carboxylic acids is 1. The highest BCUT2D eigenvalue weighted by Gasteiger charge is 2.52. The average Bonchev–Trinajstić information content (AvgIpc) is 3.15. The first-order chi connectivity index (χ1) is 15.7. The summed E-state index contributed by atoms with van der Waals surface area (Å²) in [6, 6.07) is 3.66. The van der Waals surface area contributed by atoms with Gasteiger partial charge in [-0.2, -0.15) is 18.3 Å². The summed E-state index contributed by atoms with van der Waals surface area (Å²) in [7, 11) is 0. The number of carbonyl (C=O) groups is 1. The van der Waals surface area contributed by atoms with Crippen molar-refractivity contribution in [2.24, 2.45) is 17.8 Å². The van der Waals surface area contributed by atoms with Crippen molar-refractivity contribution in [3.8, 4) is 5.75 Å². The fraction of sp³-hybridized carbons (Fsp3) is 0.583. The first-order valence-corrected chi connectivity index (χ1v) is 11.7. The van der Waals surface area contributed by atoms with Crippen molar-refractivity contribution >= 4 is 11.7 Å². The molecule has 3 N–H and O–H groups in total. The molecule has 0 saturated heterocycles. The standard InChI is InChI=1S/C24H27F3N4O2/c25-24(26,27)20-8-18(16-3-1-2-4-19(16)32)29-21-17(12-28-31(20)21)22(33)30-23-9-13-5-14(10-23)7-15(6-13)11-23/h1-4,12-15,18,20,29,32H,5-11H2,(H,30,33). The van der Waals surface area contributed by atoms with Crippen molar-refractivity contribution in [3.63, 3.8) is 0 Å². The van der Waals surface area contributed by atoms with E-state index in [9.17, 15) is 23.1 Å². The first kappa shape index (κ1) is 20.9. The van der Waals surface area contributed by atoms with Gasteiger partial charge in [-0.15, -0.1) is 0 Å². The maximum absolute atomic E-state index is 14.0. The van der Waals surface area contributed by atoms with E-state index in [0.717, 1.165) is 23.9 Å². The number of anilines is 1. The van der Waals surface area contributed by atoms with Gasteiger partial charge in [-0.05, 0) is 62.3 Å². The Morgan fingerprint density at radius 1 is 1.09 bits per heavy atom. The van der Waals surface area contributed by atoms with E-state index >= 15 is 0 Å². The summed E-state index contributed by atoms with van der Waals surface area (Å²) in [6.07, 6.45) is 2.92. The normalized spacial score (nSPS) is 34.6. The number of alkyl halides is 3. The Kier molecular flexibility index (Phi) is 4.52. The van der Waals surface area contributed by atoms with E-state index in [4.69, 9.17) is 0 Å². The molecule has 2 aromatic rings. The fourth-order valence-electron chi connectivity index (χ4n) is 7.29. The number of hydrogen-bond acceptors (Lipinski definition) is 4. The van der Waals surface area contributed by atoms with Crippen LogP contribution in [-0.4, -0.2) is 32.5 Å². The summed E-state index contributed by atoms with van der Waals surface area (Å²) in [5.74, 6) is 1.51. The largest absolute Gasteiger partial charge is 0.508 e. The van der Waals surface area contributed by atoms with E-state index in [1.165, 1.54) is 31.5 Å². The van der Waals surface area contributed by atoms with Crippen LogP contribution in [0, 0.1) is 17.8 Å². The summed E-state index contributed by atoms with van der Waals surface area (Å²) < 4.78 is 42.7. The number of aromatic hydroxyl groups is 1. The quantitative estimate of drug-likeness (QED) is 0.606. The second-order valence-corrected chi connectivity index (χ2v) is 10.6. The Balaban J connectivity index is 1.32. The molecular weight excluding hydrogens is 433 g/mol. The van der Waals surface area contributed by atoms with Crippen LogP contribution in [-0.2, 0) is 0 Å². The van der Waals surface area contributed by atoms with Gasteiger partial charge < -0.3 is 15.7 Å². The molecule has 4 bridgehead atoms. The zero-order chi connectivity index (χ0) is 23.0. The Bertz CT molecular complexity index is 1060. The number of phenols is 1. The molecular formula is C24H27F3N4O2. The number of para-hydroxylation sites is 1. The summed E-state index contributed by atoms with van der Waals surface area (Å²) >= 11 is 0. The molecule has 33 heavy (non-hydrogen) atoms. The lowest BCUT2D eigenvalue weighted by Gasteiger charge is -2.56. The van der Waals surface area contributed by atoms with Crippen LogP contribution in [0.1, 0.15) is 73.0 Å². The Morgan fingerprint density at radius 2 is 1.73 bits per heavy atom. The van der Waals surface area contributed by atoms with E-state index in [1.54, 1.807) is 18.2 Å². The van der Waals surface area contributed by atoms with Gasteiger partial charge in [0.1, 0.15) is 17.1 Å². The molecule has 2 unspecified atom stereocenters. The van der Waals surface area contributed by atoms with Crippen molar-refractivity contribution in [1.29, 1.82) is 0 Å². The van der Waals surface area contributed by atoms with E-state index in [2.05, 4.69) is 15.7 Å². The monoisotopic (exact) mass is 460 g/mol. The van der Waals surface area contributed by atoms with Crippen LogP contribution in [0.3, 0.4) is 0 Å². The number of hydrogen-bond donors (Lipinski definition) is 3. The number of amides is 1. The van der Waals surface area contributed by atoms with Crippen LogP contribution < -0.4 is 10.6 Å². The van der Waals surface area contributed by atoms with E-state index in [-0.39, 0.29) is 35.0 Å². The molecule has 7 rings (SSSR count). The highest BCUT2D eigenvalue weighted by atomic mass is 19.4. The molecule has 176 valence electrons. The summed E-state index contributed by atoms with van der Waals surface area (Å²) in [5, 5.41) is 20.5. The van der Waals surface area contributed by atoms with Crippen molar-refractivity contribution < 1.29 is 23.1 Å². The Hall–Kier alpha value is -2.71. The van der Waals surface area contributed by atoms with Gasteiger partial charge >= 0.3 is 6.18 Å². The van der Waals surface area contributed by atoms with Gasteiger partial charge in [-0.25, -0.2) is 4.68 Å².